The number of likely N-dealkylation sites (tertiary alicyclic amines) is 1. The number of fused-ring (bicyclic) bond motifs is 3. The number of carbonyl (C=O) groups is 1. The summed E-state index contributed by atoms with van der Waals surface area (Å²) in [6.07, 6.45) is 2.09. The van der Waals surface area contributed by atoms with Crippen molar-refractivity contribution in [3.05, 3.63) is 29.8 Å². The third-order valence-corrected chi connectivity index (χ3v) is 4.77. The van der Waals surface area contributed by atoms with Gasteiger partial charge in [-0.1, -0.05) is 18.2 Å². The number of para-hydroxylation sites is 1. The number of benzene rings is 1. The van der Waals surface area contributed by atoms with Gasteiger partial charge in [0.15, 0.2) is 0 Å². The van der Waals surface area contributed by atoms with Crippen molar-refractivity contribution in [3.8, 4) is 0 Å². The minimum Gasteiger partial charge on any atom is -0.426 e. The molecule has 1 aromatic carbocycles. The van der Waals surface area contributed by atoms with Crippen LogP contribution in [0.1, 0.15) is 18.4 Å². The van der Waals surface area contributed by atoms with E-state index in [1.54, 1.807) is 4.90 Å². The van der Waals surface area contributed by atoms with Crippen LogP contribution in [0.5, 0.6) is 0 Å². The van der Waals surface area contributed by atoms with Crippen molar-refractivity contribution in [3.63, 3.8) is 0 Å². The molecule has 4 rings (SSSR count). The van der Waals surface area contributed by atoms with E-state index in [0.717, 1.165) is 28.7 Å². The number of nitrogens with zero attached hydrogens (tertiary/aromatic N) is 1. The topological polar surface area (TPSA) is 88.6 Å². The predicted octanol–water partition coefficient (Wildman–Crippen LogP) is 0.507. The molecule has 22 heavy (non-hydrogen) atoms. The Bertz CT molecular complexity index is 730. The Morgan fingerprint density at radius 1 is 1.32 bits per heavy atom. The summed E-state index contributed by atoms with van der Waals surface area (Å²) in [5.74, 6) is 0.370. The maximum atomic E-state index is 12.7. The van der Waals surface area contributed by atoms with Gasteiger partial charge in [0, 0.05) is 29.4 Å². The monoisotopic (exact) mass is 299 g/mol. The number of anilines is 1. The minimum atomic E-state index is -1.47. The minimum absolute atomic E-state index is 0.0516. The Morgan fingerprint density at radius 3 is 2.95 bits per heavy atom. The summed E-state index contributed by atoms with van der Waals surface area (Å²) in [6, 6.07) is 7.71. The Labute approximate surface area is 128 Å². The molecule has 1 amide bonds. The Morgan fingerprint density at radius 2 is 2.14 bits per heavy atom. The third kappa shape index (κ3) is 2.00. The molecule has 2 aliphatic rings. The first kappa shape index (κ1) is 13.7. The van der Waals surface area contributed by atoms with Gasteiger partial charge in [-0.15, -0.1) is 0 Å². The van der Waals surface area contributed by atoms with E-state index in [2.05, 4.69) is 16.4 Å². The van der Waals surface area contributed by atoms with Crippen LogP contribution in [0, 0.1) is 0 Å². The van der Waals surface area contributed by atoms with Crippen LogP contribution >= 0.6 is 0 Å². The average Bonchev–Trinajstić information content (AvgIpc) is 3.20. The first-order chi connectivity index (χ1) is 10.6. The second-order valence-electron chi connectivity index (χ2n) is 6.08. The van der Waals surface area contributed by atoms with Gasteiger partial charge in [-0.25, -0.2) is 0 Å². The molecule has 1 aromatic heterocycles. The number of carbonyl (C=O) groups excluding carboxylic acids is 1. The lowest BCUT2D eigenvalue weighted by atomic mass is 9.77. The number of aromatic amines is 1. The van der Waals surface area contributed by atoms with Gasteiger partial charge in [-0.3, -0.25) is 4.79 Å². The largest absolute Gasteiger partial charge is 0.475 e. The smallest absolute Gasteiger partial charge is 0.426 e. The normalized spacial score (nSPS) is 23.6. The van der Waals surface area contributed by atoms with Crippen LogP contribution in [0.4, 0.5) is 5.82 Å². The summed E-state index contributed by atoms with van der Waals surface area (Å²) >= 11 is 0. The molecule has 1 saturated heterocycles. The molecule has 6 nitrogen and oxygen atoms in total. The standard InChI is InChI=1S/C15H18BN3O3/c20-15(19-7-3-6-13(19)16(21)22)12-8-10-9-4-1-2-5-11(9)17-14(10)18-12/h1-2,4-5,12-13,17-18,21-22H,3,6-8H2. The van der Waals surface area contributed by atoms with Gasteiger partial charge < -0.3 is 25.2 Å². The van der Waals surface area contributed by atoms with Gasteiger partial charge in [0.05, 0.1) is 5.94 Å². The second kappa shape index (κ2) is 5.03. The SMILES string of the molecule is O=C(C1Cc2c([nH]c3ccccc23)N1)N1CCCC1B(O)O. The van der Waals surface area contributed by atoms with Crippen LogP contribution in [-0.4, -0.2) is 51.5 Å². The molecule has 3 heterocycles. The number of hydrogen-bond donors (Lipinski definition) is 4. The number of hydrogen-bond acceptors (Lipinski definition) is 4. The summed E-state index contributed by atoms with van der Waals surface area (Å²) in [5.41, 5.74) is 2.20. The first-order valence-electron chi connectivity index (χ1n) is 7.68. The van der Waals surface area contributed by atoms with Crippen LogP contribution < -0.4 is 5.32 Å². The van der Waals surface area contributed by atoms with E-state index >= 15 is 0 Å². The Kier molecular flexibility index (Phi) is 3.13. The first-order valence-corrected chi connectivity index (χ1v) is 7.68. The molecule has 2 aromatic rings. The molecular weight excluding hydrogens is 281 g/mol. The van der Waals surface area contributed by atoms with Crippen LogP contribution in [0.25, 0.3) is 10.9 Å². The van der Waals surface area contributed by atoms with Gasteiger partial charge >= 0.3 is 7.12 Å². The summed E-state index contributed by atoms with van der Waals surface area (Å²) in [4.78, 5) is 17.6. The highest BCUT2D eigenvalue weighted by molar-refractivity contribution is 6.43. The average molecular weight is 299 g/mol. The molecule has 2 unspecified atom stereocenters. The molecule has 0 aliphatic carbocycles. The number of nitrogens with one attached hydrogen (secondary N) is 2. The highest BCUT2D eigenvalue weighted by Crippen LogP contribution is 2.34. The number of amides is 1. The van der Waals surface area contributed by atoms with E-state index < -0.39 is 13.1 Å². The molecular formula is C15H18BN3O3. The quantitative estimate of drug-likeness (QED) is 0.608. The summed E-state index contributed by atoms with van der Waals surface area (Å²) in [6.45, 7) is 0.591. The molecule has 4 N–H and O–H groups in total. The highest BCUT2D eigenvalue weighted by Gasteiger charge is 2.41. The number of H-pyrrole nitrogens is 1. The predicted molar refractivity (Wildman–Crippen MR) is 84.3 cm³/mol. The maximum Gasteiger partial charge on any atom is 0.475 e. The molecule has 0 bridgehead atoms. The van der Waals surface area contributed by atoms with Gasteiger partial charge in [0.1, 0.15) is 11.9 Å². The lowest BCUT2D eigenvalue weighted by Crippen LogP contribution is -2.50. The zero-order valence-electron chi connectivity index (χ0n) is 12.1. The Balaban J connectivity index is 1.57. The van der Waals surface area contributed by atoms with Crippen LogP contribution in [0.15, 0.2) is 24.3 Å². The fourth-order valence-corrected chi connectivity index (χ4v) is 3.69. The summed E-state index contributed by atoms with van der Waals surface area (Å²) in [5, 5.41) is 23.2. The van der Waals surface area contributed by atoms with Crippen LogP contribution in [0.2, 0.25) is 0 Å². The van der Waals surface area contributed by atoms with Gasteiger partial charge in [-0.05, 0) is 18.9 Å². The van der Waals surface area contributed by atoms with Crippen molar-refractivity contribution in [2.75, 3.05) is 11.9 Å². The fraction of sp³-hybridized carbons (Fsp3) is 0.400. The van der Waals surface area contributed by atoms with Crippen LogP contribution in [0.3, 0.4) is 0 Å². The summed E-state index contributed by atoms with van der Waals surface area (Å²) < 4.78 is 0. The van der Waals surface area contributed by atoms with E-state index in [1.165, 1.54) is 0 Å². The van der Waals surface area contributed by atoms with E-state index in [-0.39, 0.29) is 11.9 Å². The van der Waals surface area contributed by atoms with E-state index in [4.69, 9.17) is 0 Å². The van der Waals surface area contributed by atoms with Crippen molar-refractivity contribution >= 4 is 29.7 Å². The molecule has 2 atom stereocenters. The second-order valence-corrected chi connectivity index (χ2v) is 6.08. The molecule has 114 valence electrons. The third-order valence-electron chi connectivity index (χ3n) is 4.77. The van der Waals surface area contributed by atoms with Gasteiger partial charge in [0.25, 0.3) is 0 Å². The number of aromatic nitrogens is 1. The fourth-order valence-electron chi connectivity index (χ4n) is 3.69. The molecule has 0 spiro atoms. The van der Waals surface area contributed by atoms with Crippen molar-refractivity contribution in [2.24, 2.45) is 0 Å². The molecule has 2 aliphatic heterocycles. The Hall–Kier alpha value is -1.99. The lowest BCUT2D eigenvalue weighted by Gasteiger charge is -2.27. The van der Waals surface area contributed by atoms with E-state index in [0.29, 0.717) is 19.4 Å². The van der Waals surface area contributed by atoms with Gasteiger partial charge in [-0.2, -0.15) is 0 Å². The molecule has 7 heteroatoms. The van der Waals surface area contributed by atoms with Crippen molar-refractivity contribution in [2.45, 2.75) is 31.2 Å². The lowest BCUT2D eigenvalue weighted by molar-refractivity contribution is -0.131. The van der Waals surface area contributed by atoms with Crippen molar-refractivity contribution in [1.29, 1.82) is 0 Å². The van der Waals surface area contributed by atoms with Gasteiger partial charge in [0.2, 0.25) is 5.91 Å². The molecule has 0 radical (unpaired) electrons. The van der Waals surface area contributed by atoms with E-state index in [1.807, 2.05) is 18.2 Å². The zero-order valence-corrected chi connectivity index (χ0v) is 12.1. The summed E-state index contributed by atoms with van der Waals surface area (Å²) in [7, 11) is -1.47. The molecule has 0 saturated carbocycles. The number of rotatable bonds is 2. The van der Waals surface area contributed by atoms with Crippen molar-refractivity contribution in [1.82, 2.24) is 9.88 Å². The maximum absolute atomic E-state index is 12.7. The van der Waals surface area contributed by atoms with Crippen molar-refractivity contribution < 1.29 is 14.8 Å². The zero-order chi connectivity index (χ0) is 15.3. The highest BCUT2D eigenvalue weighted by atomic mass is 16.4. The molecule has 1 fully saturated rings. The van der Waals surface area contributed by atoms with E-state index in [9.17, 15) is 14.8 Å². The van der Waals surface area contributed by atoms with Crippen LogP contribution in [-0.2, 0) is 11.2 Å².